The van der Waals surface area contributed by atoms with Crippen LogP contribution >= 0.6 is 11.3 Å². The molecule has 1 aliphatic rings. The lowest BCUT2D eigenvalue weighted by Gasteiger charge is -2.13. The summed E-state index contributed by atoms with van der Waals surface area (Å²) < 4.78 is 0. The van der Waals surface area contributed by atoms with Gasteiger partial charge in [-0.2, -0.15) is 0 Å². The van der Waals surface area contributed by atoms with Crippen LogP contribution in [0, 0.1) is 6.92 Å². The van der Waals surface area contributed by atoms with Crippen molar-refractivity contribution in [2.75, 3.05) is 20.1 Å². The van der Waals surface area contributed by atoms with Gasteiger partial charge in [-0.3, -0.25) is 9.59 Å². The van der Waals surface area contributed by atoms with Gasteiger partial charge >= 0.3 is 0 Å². The zero-order valence-electron chi connectivity index (χ0n) is 10.7. The van der Waals surface area contributed by atoms with E-state index in [2.05, 4.69) is 10.3 Å². The van der Waals surface area contributed by atoms with E-state index in [1.807, 2.05) is 11.8 Å². The molecule has 0 atom stereocenters. The van der Waals surface area contributed by atoms with Crippen LogP contribution in [0.25, 0.3) is 0 Å². The second kappa shape index (κ2) is 5.48. The van der Waals surface area contributed by atoms with Gasteiger partial charge in [0.1, 0.15) is 4.88 Å². The maximum atomic E-state index is 11.6. The number of rotatable bonds is 4. The Bertz CT molecular complexity index is 470. The highest BCUT2D eigenvalue weighted by atomic mass is 32.1. The van der Waals surface area contributed by atoms with E-state index in [1.165, 1.54) is 11.3 Å². The topological polar surface area (TPSA) is 62.3 Å². The maximum Gasteiger partial charge on any atom is 0.263 e. The molecule has 2 heterocycles. The molecule has 1 aromatic heterocycles. The van der Waals surface area contributed by atoms with Gasteiger partial charge in [0.05, 0.1) is 10.7 Å². The van der Waals surface area contributed by atoms with Crippen molar-refractivity contribution < 1.29 is 9.59 Å². The van der Waals surface area contributed by atoms with Gasteiger partial charge < -0.3 is 10.2 Å². The third-order valence-corrected chi connectivity index (χ3v) is 4.26. The summed E-state index contributed by atoms with van der Waals surface area (Å²) in [6, 6.07) is 0. The van der Waals surface area contributed by atoms with Crippen molar-refractivity contribution in [2.45, 2.75) is 26.2 Å². The van der Waals surface area contributed by atoms with Crippen LogP contribution in [0.5, 0.6) is 0 Å². The molecule has 0 aliphatic carbocycles. The molecule has 0 aromatic carbocycles. The molecule has 2 amide bonds. The predicted molar refractivity (Wildman–Crippen MR) is 69.8 cm³/mol. The van der Waals surface area contributed by atoms with Crippen molar-refractivity contribution in [3.05, 3.63) is 15.6 Å². The number of likely N-dealkylation sites (tertiary alicyclic amines) is 1. The Kier molecular flexibility index (Phi) is 3.96. The van der Waals surface area contributed by atoms with Gasteiger partial charge in [-0.15, -0.1) is 11.3 Å². The van der Waals surface area contributed by atoms with E-state index in [-0.39, 0.29) is 11.8 Å². The van der Waals surface area contributed by atoms with E-state index < -0.39 is 0 Å². The van der Waals surface area contributed by atoms with Gasteiger partial charge in [-0.1, -0.05) is 0 Å². The van der Waals surface area contributed by atoms with Crippen LogP contribution in [-0.2, 0) is 11.2 Å². The van der Waals surface area contributed by atoms with Crippen molar-refractivity contribution in [3.63, 3.8) is 0 Å². The molecule has 5 nitrogen and oxygen atoms in total. The number of aryl methyl sites for hydroxylation is 1. The van der Waals surface area contributed by atoms with E-state index >= 15 is 0 Å². The number of aromatic nitrogens is 1. The van der Waals surface area contributed by atoms with Crippen molar-refractivity contribution in [3.8, 4) is 0 Å². The van der Waals surface area contributed by atoms with Crippen LogP contribution in [0.1, 0.15) is 33.2 Å². The lowest BCUT2D eigenvalue weighted by molar-refractivity contribution is -0.127. The minimum atomic E-state index is -0.0894. The van der Waals surface area contributed by atoms with Gasteiger partial charge in [-0.25, -0.2) is 4.98 Å². The third kappa shape index (κ3) is 2.69. The molecule has 1 aliphatic heterocycles. The first-order valence-electron chi connectivity index (χ1n) is 6.08. The molecular formula is C12H17N3O2S. The van der Waals surface area contributed by atoms with E-state index in [1.54, 1.807) is 7.05 Å². The largest absolute Gasteiger partial charge is 0.354 e. The summed E-state index contributed by atoms with van der Waals surface area (Å²) >= 11 is 1.42. The SMILES string of the molecule is CNC(=O)c1sc(CCN2CCCC2=O)nc1C. The van der Waals surface area contributed by atoms with Gasteiger partial charge in [0.25, 0.3) is 5.91 Å². The average Bonchev–Trinajstić information content (AvgIpc) is 2.92. The summed E-state index contributed by atoms with van der Waals surface area (Å²) in [6.07, 6.45) is 2.36. The quantitative estimate of drug-likeness (QED) is 0.884. The Labute approximate surface area is 110 Å². The normalized spacial score (nSPS) is 15.2. The number of carbonyl (C=O) groups excluding carboxylic acids is 2. The fourth-order valence-corrected chi connectivity index (χ4v) is 3.05. The molecule has 1 fully saturated rings. The first-order chi connectivity index (χ1) is 8.61. The smallest absolute Gasteiger partial charge is 0.263 e. The summed E-state index contributed by atoms with van der Waals surface area (Å²) in [6.45, 7) is 3.40. The summed E-state index contributed by atoms with van der Waals surface area (Å²) in [4.78, 5) is 29.9. The molecule has 2 rings (SSSR count). The number of nitrogens with one attached hydrogen (secondary N) is 1. The van der Waals surface area contributed by atoms with Crippen molar-refractivity contribution in [1.82, 2.24) is 15.2 Å². The zero-order valence-corrected chi connectivity index (χ0v) is 11.5. The molecule has 0 unspecified atom stereocenters. The maximum absolute atomic E-state index is 11.6. The number of hydrogen-bond donors (Lipinski definition) is 1. The highest BCUT2D eigenvalue weighted by molar-refractivity contribution is 7.13. The van der Waals surface area contributed by atoms with E-state index in [4.69, 9.17) is 0 Å². The van der Waals surface area contributed by atoms with Crippen molar-refractivity contribution in [1.29, 1.82) is 0 Å². The lowest BCUT2D eigenvalue weighted by atomic mass is 10.3. The van der Waals surface area contributed by atoms with Crippen molar-refractivity contribution >= 4 is 23.2 Å². The second-order valence-electron chi connectivity index (χ2n) is 4.34. The van der Waals surface area contributed by atoms with Gasteiger partial charge in [-0.05, 0) is 13.3 Å². The molecule has 0 saturated carbocycles. The van der Waals surface area contributed by atoms with Crippen molar-refractivity contribution in [2.24, 2.45) is 0 Å². The molecule has 6 heteroatoms. The number of hydrogen-bond acceptors (Lipinski definition) is 4. The fourth-order valence-electron chi connectivity index (χ4n) is 2.05. The second-order valence-corrected chi connectivity index (χ2v) is 5.42. The van der Waals surface area contributed by atoms with Crippen LogP contribution in [-0.4, -0.2) is 41.8 Å². The van der Waals surface area contributed by atoms with E-state index in [0.29, 0.717) is 17.8 Å². The molecular weight excluding hydrogens is 250 g/mol. The standard InChI is InChI=1S/C12H17N3O2S/c1-8-11(12(17)13-2)18-9(14-8)5-7-15-6-3-4-10(15)16/h3-7H2,1-2H3,(H,13,17). The summed E-state index contributed by atoms with van der Waals surface area (Å²) in [5, 5.41) is 3.53. The van der Waals surface area contributed by atoms with Crippen LogP contribution in [0.2, 0.25) is 0 Å². The van der Waals surface area contributed by atoms with Gasteiger partial charge in [0.15, 0.2) is 0 Å². The summed E-state index contributed by atoms with van der Waals surface area (Å²) in [5.74, 6) is 0.142. The highest BCUT2D eigenvalue weighted by Gasteiger charge is 2.20. The Balaban J connectivity index is 1.98. The molecule has 1 saturated heterocycles. The fraction of sp³-hybridized carbons (Fsp3) is 0.583. The minimum absolute atomic E-state index is 0.0894. The number of thiazole rings is 1. The number of carbonyl (C=O) groups is 2. The van der Waals surface area contributed by atoms with E-state index in [9.17, 15) is 9.59 Å². The molecule has 1 aromatic rings. The highest BCUT2D eigenvalue weighted by Crippen LogP contribution is 2.19. The van der Waals surface area contributed by atoms with Crippen LogP contribution in [0.15, 0.2) is 0 Å². The molecule has 0 radical (unpaired) electrons. The molecule has 1 N–H and O–H groups in total. The number of amides is 2. The zero-order chi connectivity index (χ0) is 13.1. The molecule has 0 spiro atoms. The Morgan fingerprint density at radius 3 is 2.94 bits per heavy atom. The van der Waals surface area contributed by atoms with Crippen LogP contribution in [0.4, 0.5) is 0 Å². The Hall–Kier alpha value is -1.43. The van der Waals surface area contributed by atoms with Crippen LogP contribution < -0.4 is 5.32 Å². The molecule has 0 bridgehead atoms. The van der Waals surface area contributed by atoms with Gasteiger partial charge in [0.2, 0.25) is 5.91 Å². The molecule has 98 valence electrons. The lowest BCUT2D eigenvalue weighted by Crippen LogP contribution is -2.26. The Morgan fingerprint density at radius 1 is 1.56 bits per heavy atom. The summed E-state index contributed by atoms with van der Waals surface area (Å²) in [5.41, 5.74) is 0.766. The van der Waals surface area contributed by atoms with Gasteiger partial charge in [0, 0.05) is 33.0 Å². The first-order valence-corrected chi connectivity index (χ1v) is 6.89. The van der Waals surface area contributed by atoms with E-state index in [0.717, 1.165) is 30.1 Å². The van der Waals surface area contributed by atoms with Crippen LogP contribution in [0.3, 0.4) is 0 Å². The number of nitrogens with zero attached hydrogens (tertiary/aromatic N) is 2. The monoisotopic (exact) mass is 267 g/mol. The first kappa shape index (κ1) is 13.0. The Morgan fingerprint density at radius 2 is 2.33 bits per heavy atom. The summed E-state index contributed by atoms with van der Waals surface area (Å²) in [7, 11) is 1.62. The minimum Gasteiger partial charge on any atom is -0.354 e. The predicted octanol–water partition coefficient (Wildman–Crippen LogP) is 0.976. The molecule has 18 heavy (non-hydrogen) atoms. The third-order valence-electron chi connectivity index (χ3n) is 3.04. The average molecular weight is 267 g/mol.